The summed E-state index contributed by atoms with van der Waals surface area (Å²) in [5.41, 5.74) is 12.9. The normalized spacial score (nSPS) is 11.3. The maximum atomic E-state index is 2.45. The van der Waals surface area contributed by atoms with Crippen LogP contribution in [0.3, 0.4) is 0 Å². The molecule has 258 valence electrons. The Balaban J connectivity index is 1.23. The summed E-state index contributed by atoms with van der Waals surface area (Å²) < 4.78 is 0. The quantitative estimate of drug-likeness (QED) is 0.150. The highest BCUT2D eigenvalue weighted by Gasteiger charge is 2.21. The molecule has 0 N–H and O–H groups in total. The van der Waals surface area contributed by atoms with Crippen LogP contribution in [0.5, 0.6) is 0 Å². The van der Waals surface area contributed by atoms with Crippen LogP contribution < -0.4 is 4.90 Å². The molecule has 0 saturated carbocycles. The second-order valence-electron chi connectivity index (χ2n) is 14.1. The van der Waals surface area contributed by atoms with Crippen LogP contribution in [0, 0.1) is 0 Å². The van der Waals surface area contributed by atoms with Crippen LogP contribution in [0.4, 0.5) is 17.1 Å². The first-order chi connectivity index (χ1) is 27.3. The minimum atomic E-state index is 1.09. The molecule has 0 radical (unpaired) electrons. The van der Waals surface area contributed by atoms with Gasteiger partial charge in [0.25, 0.3) is 0 Å². The summed E-state index contributed by atoms with van der Waals surface area (Å²) in [6.45, 7) is 0. The van der Waals surface area contributed by atoms with Gasteiger partial charge in [0.15, 0.2) is 0 Å². The Morgan fingerprint density at radius 2 is 0.782 bits per heavy atom. The van der Waals surface area contributed by atoms with Crippen molar-refractivity contribution in [3.05, 3.63) is 224 Å². The number of para-hydroxylation sites is 1. The van der Waals surface area contributed by atoms with Gasteiger partial charge >= 0.3 is 0 Å². The summed E-state index contributed by atoms with van der Waals surface area (Å²) in [5.74, 6) is 0. The summed E-state index contributed by atoms with van der Waals surface area (Å²) in [4.78, 5) is 2.45. The van der Waals surface area contributed by atoms with Crippen LogP contribution in [-0.2, 0) is 0 Å². The molecule has 0 aliphatic rings. The second-order valence-corrected chi connectivity index (χ2v) is 14.1. The molecule has 0 amide bonds. The van der Waals surface area contributed by atoms with Gasteiger partial charge in [-0.05, 0) is 108 Å². The average Bonchev–Trinajstić information content (AvgIpc) is 3.27. The summed E-state index contributed by atoms with van der Waals surface area (Å²) >= 11 is 0. The van der Waals surface area contributed by atoms with E-state index in [1.165, 1.54) is 76.8 Å². The van der Waals surface area contributed by atoms with E-state index in [0.29, 0.717) is 0 Å². The number of nitrogens with zero attached hydrogens (tertiary/aromatic N) is 1. The zero-order valence-corrected chi connectivity index (χ0v) is 30.3. The lowest BCUT2D eigenvalue weighted by Gasteiger charge is -2.29. The van der Waals surface area contributed by atoms with E-state index in [1.54, 1.807) is 0 Å². The lowest BCUT2D eigenvalue weighted by atomic mass is 9.92. The van der Waals surface area contributed by atoms with Crippen LogP contribution in [0.15, 0.2) is 224 Å². The molecular weight excluding hydrogens is 663 g/mol. The molecule has 0 atom stereocenters. The first-order valence-electron chi connectivity index (χ1n) is 18.9. The molecule has 0 aliphatic carbocycles. The molecule has 0 aliphatic heterocycles. The van der Waals surface area contributed by atoms with Crippen LogP contribution in [-0.4, -0.2) is 0 Å². The molecule has 0 bridgehead atoms. The molecule has 10 rings (SSSR count). The highest BCUT2D eigenvalue weighted by atomic mass is 15.1. The number of rotatable bonds is 7. The van der Waals surface area contributed by atoms with Crippen molar-refractivity contribution in [1.29, 1.82) is 0 Å². The fraction of sp³-hybridized carbons (Fsp3) is 0. The van der Waals surface area contributed by atoms with Crippen molar-refractivity contribution in [3.63, 3.8) is 0 Å². The molecule has 0 spiro atoms. The van der Waals surface area contributed by atoms with Gasteiger partial charge in [-0.1, -0.05) is 188 Å². The zero-order valence-electron chi connectivity index (χ0n) is 30.3. The van der Waals surface area contributed by atoms with Gasteiger partial charge in [0.1, 0.15) is 0 Å². The van der Waals surface area contributed by atoms with E-state index in [2.05, 4.69) is 229 Å². The van der Waals surface area contributed by atoms with E-state index in [1.807, 2.05) is 0 Å². The van der Waals surface area contributed by atoms with E-state index >= 15 is 0 Å². The highest BCUT2D eigenvalue weighted by molar-refractivity contribution is 6.14. The molecule has 10 aromatic carbocycles. The van der Waals surface area contributed by atoms with E-state index in [-0.39, 0.29) is 0 Å². The lowest BCUT2D eigenvalue weighted by molar-refractivity contribution is 1.28. The maximum absolute atomic E-state index is 2.45. The number of hydrogen-bond donors (Lipinski definition) is 0. The number of benzene rings is 10. The van der Waals surface area contributed by atoms with Crippen molar-refractivity contribution >= 4 is 49.4 Å². The summed E-state index contributed by atoms with van der Waals surface area (Å²) in [7, 11) is 0. The van der Waals surface area contributed by atoms with Gasteiger partial charge in [0, 0.05) is 16.9 Å². The minimum absolute atomic E-state index is 1.09. The fourth-order valence-electron chi connectivity index (χ4n) is 8.29. The first kappa shape index (κ1) is 32.4. The molecule has 0 heterocycles. The van der Waals surface area contributed by atoms with Crippen molar-refractivity contribution in [2.45, 2.75) is 0 Å². The average molecular weight is 700 g/mol. The SMILES string of the molecule is c1ccc(-c2ccc(N(c3cccc(-c4cc5ccccc5c5ccccc45)c3)c3ccccc3-c3cccc4ccccc34)cc2-c2ccccc2)cc1. The number of anilines is 3. The molecule has 0 unspecified atom stereocenters. The molecule has 0 saturated heterocycles. The van der Waals surface area contributed by atoms with Crippen LogP contribution >= 0.6 is 0 Å². The van der Waals surface area contributed by atoms with Gasteiger partial charge < -0.3 is 4.90 Å². The summed E-state index contributed by atoms with van der Waals surface area (Å²) in [6.07, 6.45) is 0. The van der Waals surface area contributed by atoms with E-state index in [4.69, 9.17) is 0 Å². The topological polar surface area (TPSA) is 3.24 Å². The molecule has 10 aromatic rings. The molecular formula is C54H37N. The molecule has 1 heteroatoms. The molecule has 0 fully saturated rings. The Morgan fingerprint density at radius 1 is 0.236 bits per heavy atom. The van der Waals surface area contributed by atoms with Gasteiger partial charge in [-0.2, -0.15) is 0 Å². The molecule has 0 aromatic heterocycles. The highest BCUT2D eigenvalue weighted by Crippen LogP contribution is 2.46. The van der Waals surface area contributed by atoms with Crippen LogP contribution in [0.1, 0.15) is 0 Å². The summed E-state index contributed by atoms with van der Waals surface area (Å²) in [6, 6.07) is 81.5. The first-order valence-corrected chi connectivity index (χ1v) is 18.9. The van der Waals surface area contributed by atoms with E-state index in [0.717, 1.165) is 17.1 Å². The van der Waals surface area contributed by atoms with Crippen LogP contribution in [0.2, 0.25) is 0 Å². The van der Waals surface area contributed by atoms with Gasteiger partial charge in [0.05, 0.1) is 5.69 Å². The van der Waals surface area contributed by atoms with Crippen LogP contribution in [0.25, 0.3) is 76.8 Å². The van der Waals surface area contributed by atoms with E-state index < -0.39 is 0 Å². The van der Waals surface area contributed by atoms with Gasteiger partial charge in [-0.3, -0.25) is 0 Å². The van der Waals surface area contributed by atoms with Crippen molar-refractivity contribution < 1.29 is 0 Å². The Morgan fingerprint density at radius 3 is 1.58 bits per heavy atom. The van der Waals surface area contributed by atoms with Gasteiger partial charge in [0.2, 0.25) is 0 Å². The predicted molar refractivity (Wildman–Crippen MR) is 235 cm³/mol. The van der Waals surface area contributed by atoms with Crippen molar-refractivity contribution in [2.75, 3.05) is 4.90 Å². The third-order valence-corrected chi connectivity index (χ3v) is 10.8. The second kappa shape index (κ2) is 14.0. The Kier molecular flexibility index (Phi) is 8.24. The van der Waals surface area contributed by atoms with Gasteiger partial charge in [-0.25, -0.2) is 0 Å². The van der Waals surface area contributed by atoms with Crippen molar-refractivity contribution in [1.82, 2.24) is 0 Å². The van der Waals surface area contributed by atoms with Crippen molar-refractivity contribution in [2.24, 2.45) is 0 Å². The Labute approximate surface area is 322 Å². The monoisotopic (exact) mass is 699 g/mol. The third-order valence-electron chi connectivity index (χ3n) is 10.8. The maximum Gasteiger partial charge on any atom is 0.0540 e. The third kappa shape index (κ3) is 5.93. The zero-order chi connectivity index (χ0) is 36.6. The fourth-order valence-corrected chi connectivity index (χ4v) is 8.29. The Bertz CT molecular complexity index is 2980. The number of fused-ring (bicyclic) bond motifs is 4. The Hall–Kier alpha value is -7.22. The van der Waals surface area contributed by atoms with Gasteiger partial charge in [-0.15, -0.1) is 0 Å². The lowest BCUT2D eigenvalue weighted by Crippen LogP contribution is -2.12. The molecule has 1 nitrogen and oxygen atoms in total. The van der Waals surface area contributed by atoms with Crippen molar-refractivity contribution in [3.8, 4) is 44.5 Å². The largest absolute Gasteiger partial charge is 0.310 e. The smallest absolute Gasteiger partial charge is 0.0540 e. The van der Waals surface area contributed by atoms with E-state index in [9.17, 15) is 0 Å². The summed E-state index contributed by atoms with van der Waals surface area (Å²) in [5, 5.41) is 7.49. The standard InChI is InChI=1S/C54H37N/c1-3-17-38(18-4-1)47-34-33-44(37-53(47)40-19-5-2-6-20-40)55(54-32-14-13-30-51(54)49-31-16-23-39-21-7-9-26-45(39)49)43-25-15-24-41(35-43)52-36-42-22-8-10-27-46(42)48-28-11-12-29-50(48)52/h1-37H. The molecule has 55 heavy (non-hydrogen) atoms. The minimum Gasteiger partial charge on any atom is -0.310 e. The predicted octanol–water partition coefficient (Wildman–Crippen LogP) is 15.3. The number of hydrogen-bond acceptors (Lipinski definition) is 1.